The number of piperazine rings is 1. The minimum atomic E-state index is 0.0196. The SMILES string of the molecule is CN1CCN(Cc2cc(=O)n(Cc3ccc(N=C(N)N)cc3)c3ccccc23)CC1. The summed E-state index contributed by atoms with van der Waals surface area (Å²) in [5.74, 6) is 0.0286. The smallest absolute Gasteiger partial charge is 0.251 e. The van der Waals surface area contributed by atoms with Gasteiger partial charge in [-0.2, -0.15) is 0 Å². The highest BCUT2D eigenvalue weighted by atomic mass is 16.1. The molecule has 0 saturated carbocycles. The van der Waals surface area contributed by atoms with E-state index in [0.717, 1.165) is 54.8 Å². The normalized spacial score (nSPS) is 15.4. The van der Waals surface area contributed by atoms with E-state index in [1.165, 1.54) is 0 Å². The van der Waals surface area contributed by atoms with Crippen molar-refractivity contribution in [1.29, 1.82) is 0 Å². The van der Waals surface area contributed by atoms with Crippen molar-refractivity contribution in [3.8, 4) is 0 Å². The average Bonchev–Trinajstić information content (AvgIpc) is 2.73. The lowest BCUT2D eigenvalue weighted by atomic mass is 10.1. The van der Waals surface area contributed by atoms with Gasteiger partial charge in [-0.05, 0) is 36.4 Å². The summed E-state index contributed by atoms with van der Waals surface area (Å²) < 4.78 is 1.83. The quantitative estimate of drug-likeness (QED) is 0.499. The lowest BCUT2D eigenvalue weighted by molar-refractivity contribution is 0.148. The molecule has 30 heavy (non-hydrogen) atoms. The van der Waals surface area contributed by atoms with Crippen LogP contribution in [0.15, 0.2) is 64.4 Å². The van der Waals surface area contributed by atoms with Crippen LogP contribution in [0.3, 0.4) is 0 Å². The first kappa shape index (κ1) is 20.1. The zero-order chi connectivity index (χ0) is 21.1. The van der Waals surface area contributed by atoms with Crippen molar-refractivity contribution in [1.82, 2.24) is 14.4 Å². The Balaban J connectivity index is 1.64. The van der Waals surface area contributed by atoms with Crippen LogP contribution in [0.4, 0.5) is 5.69 Å². The van der Waals surface area contributed by atoms with Gasteiger partial charge in [-0.3, -0.25) is 9.69 Å². The van der Waals surface area contributed by atoms with Crippen molar-refractivity contribution in [3.63, 3.8) is 0 Å². The number of guanidine groups is 1. The summed E-state index contributed by atoms with van der Waals surface area (Å²) in [6.45, 7) is 5.47. The second-order valence-corrected chi connectivity index (χ2v) is 7.89. The van der Waals surface area contributed by atoms with Gasteiger partial charge in [-0.15, -0.1) is 0 Å². The molecule has 7 nitrogen and oxygen atoms in total. The van der Waals surface area contributed by atoms with E-state index in [4.69, 9.17) is 11.5 Å². The maximum Gasteiger partial charge on any atom is 0.251 e. The highest BCUT2D eigenvalue weighted by Crippen LogP contribution is 2.21. The Bertz CT molecular complexity index is 1110. The summed E-state index contributed by atoms with van der Waals surface area (Å²) in [4.78, 5) is 21.9. The number of hydrogen-bond acceptors (Lipinski definition) is 4. The number of nitrogens with zero attached hydrogens (tertiary/aromatic N) is 4. The first-order valence-electron chi connectivity index (χ1n) is 10.2. The number of para-hydroxylation sites is 1. The van der Waals surface area contributed by atoms with Crippen molar-refractivity contribution in [2.24, 2.45) is 16.5 Å². The van der Waals surface area contributed by atoms with Crippen LogP contribution in [0, 0.1) is 0 Å². The molecule has 156 valence electrons. The fraction of sp³-hybridized carbons (Fsp3) is 0.304. The monoisotopic (exact) mass is 404 g/mol. The van der Waals surface area contributed by atoms with Gasteiger partial charge in [0.25, 0.3) is 5.56 Å². The number of fused-ring (bicyclic) bond motifs is 1. The molecular weight excluding hydrogens is 376 g/mol. The van der Waals surface area contributed by atoms with E-state index in [1.807, 2.05) is 47.0 Å². The predicted molar refractivity (Wildman–Crippen MR) is 122 cm³/mol. The minimum Gasteiger partial charge on any atom is -0.370 e. The number of aliphatic imine (C=N–C) groups is 1. The van der Waals surface area contributed by atoms with Gasteiger partial charge in [-0.1, -0.05) is 30.3 Å². The van der Waals surface area contributed by atoms with Crippen LogP contribution in [0.1, 0.15) is 11.1 Å². The zero-order valence-corrected chi connectivity index (χ0v) is 17.3. The fourth-order valence-electron chi connectivity index (χ4n) is 3.95. The number of aromatic nitrogens is 1. The standard InChI is InChI=1S/C23H28N6O/c1-27-10-12-28(13-11-27)16-18-14-22(30)29(21-5-3-2-4-20(18)21)15-17-6-8-19(9-7-17)26-23(24)25/h2-9,14H,10-13,15-16H2,1H3,(H4,24,25,26). The highest BCUT2D eigenvalue weighted by molar-refractivity contribution is 5.82. The maximum atomic E-state index is 13.0. The number of likely N-dealkylation sites (N-methyl/N-ethyl adjacent to an activating group) is 1. The molecule has 0 radical (unpaired) electrons. The van der Waals surface area contributed by atoms with Gasteiger partial charge in [0.1, 0.15) is 0 Å². The third kappa shape index (κ3) is 4.53. The summed E-state index contributed by atoms with van der Waals surface area (Å²) in [7, 11) is 2.15. The fourth-order valence-corrected chi connectivity index (χ4v) is 3.95. The number of pyridine rings is 1. The Kier molecular flexibility index (Phi) is 5.83. The van der Waals surface area contributed by atoms with Gasteiger partial charge in [-0.25, -0.2) is 4.99 Å². The second kappa shape index (κ2) is 8.69. The molecule has 7 heteroatoms. The molecule has 0 amide bonds. The van der Waals surface area contributed by atoms with Gasteiger partial charge < -0.3 is 20.9 Å². The van der Waals surface area contributed by atoms with E-state index in [1.54, 1.807) is 6.07 Å². The van der Waals surface area contributed by atoms with Crippen molar-refractivity contribution in [3.05, 3.63) is 76.1 Å². The number of nitrogens with two attached hydrogens (primary N) is 2. The predicted octanol–water partition coefficient (Wildman–Crippen LogP) is 1.70. The van der Waals surface area contributed by atoms with Gasteiger partial charge in [0.05, 0.1) is 17.7 Å². The summed E-state index contributed by atoms with van der Waals surface area (Å²) in [6, 6.07) is 17.6. The van der Waals surface area contributed by atoms with E-state index in [2.05, 4.69) is 27.9 Å². The van der Waals surface area contributed by atoms with E-state index >= 15 is 0 Å². The molecular formula is C23H28N6O. The minimum absolute atomic E-state index is 0.0196. The first-order valence-corrected chi connectivity index (χ1v) is 10.2. The molecule has 0 unspecified atom stereocenters. The van der Waals surface area contributed by atoms with Crippen LogP contribution in [0.5, 0.6) is 0 Å². The molecule has 0 aliphatic carbocycles. The number of hydrogen-bond donors (Lipinski definition) is 2. The first-order chi connectivity index (χ1) is 14.5. The largest absolute Gasteiger partial charge is 0.370 e. The Hall–Kier alpha value is -3.16. The van der Waals surface area contributed by atoms with Crippen LogP contribution in [0.25, 0.3) is 10.9 Å². The Morgan fingerprint density at radius 3 is 2.37 bits per heavy atom. The van der Waals surface area contributed by atoms with Crippen molar-refractivity contribution < 1.29 is 0 Å². The average molecular weight is 405 g/mol. The molecule has 1 aliphatic heterocycles. The Labute approximate surface area is 176 Å². The zero-order valence-electron chi connectivity index (χ0n) is 17.3. The van der Waals surface area contributed by atoms with Crippen LogP contribution in [0.2, 0.25) is 0 Å². The topological polar surface area (TPSA) is 92.9 Å². The van der Waals surface area contributed by atoms with Crippen molar-refractivity contribution >= 4 is 22.5 Å². The Morgan fingerprint density at radius 1 is 0.967 bits per heavy atom. The van der Waals surface area contributed by atoms with E-state index in [9.17, 15) is 4.79 Å². The van der Waals surface area contributed by atoms with Crippen LogP contribution in [-0.2, 0) is 13.1 Å². The molecule has 4 N–H and O–H groups in total. The van der Waals surface area contributed by atoms with Crippen molar-refractivity contribution in [2.45, 2.75) is 13.1 Å². The molecule has 2 aromatic carbocycles. The van der Waals surface area contributed by atoms with E-state index in [0.29, 0.717) is 12.2 Å². The lowest BCUT2D eigenvalue weighted by Crippen LogP contribution is -2.44. The molecule has 0 bridgehead atoms. The maximum absolute atomic E-state index is 13.0. The van der Waals surface area contributed by atoms with E-state index < -0.39 is 0 Å². The molecule has 1 saturated heterocycles. The second-order valence-electron chi connectivity index (χ2n) is 7.89. The summed E-state index contributed by atoms with van der Waals surface area (Å²) in [5, 5.41) is 1.13. The van der Waals surface area contributed by atoms with Gasteiger partial charge in [0, 0.05) is 44.2 Å². The van der Waals surface area contributed by atoms with Gasteiger partial charge >= 0.3 is 0 Å². The Morgan fingerprint density at radius 2 is 1.67 bits per heavy atom. The molecule has 4 rings (SSSR count). The number of benzene rings is 2. The van der Waals surface area contributed by atoms with E-state index in [-0.39, 0.29) is 11.5 Å². The highest BCUT2D eigenvalue weighted by Gasteiger charge is 2.16. The van der Waals surface area contributed by atoms with Crippen LogP contribution < -0.4 is 17.0 Å². The third-order valence-corrected chi connectivity index (χ3v) is 5.63. The van der Waals surface area contributed by atoms with Gasteiger partial charge in [0.2, 0.25) is 0 Å². The lowest BCUT2D eigenvalue weighted by Gasteiger charge is -2.32. The third-order valence-electron chi connectivity index (χ3n) is 5.63. The molecule has 2 heterocycles. The summed E-state index contributed by atoms with van der Waals surface area (Å²) in [5.41, 5.74) is 14.7. The molecule has 3 aromatic rings. The van der Waals surface area contributed by atoms with Gasteiger partial charge in [0.15, 0.2) is 5.96 Å². The van der Waals surface area contributed by atoms with Crippen molar-refractivity contribution in [2.75, 3.05) is 33.2 Å². The molecule has 0 spiro atoms. The summed E-state index contributed by atoms with van der Waals surface area (Å²) >= 11 is 0. The van der Waals surface area contributed by atoms with Crippen LogP contribution in [-0.4, -0.2) is 53.6 Å². The molecule has 1 fully saturated rings. The number of rotatable bonds is 5. The molecule has 1 aliphatic rings. The molecule has 1 aromatic heterocycles. The molecule has 0 atom stereocenters. The van der Waals surface area contributed by atoms with Crippen LogP contribution >= 0.6 is 0 Å². The summed E-state index contributed by atoms with van der Waals surface area (Å²) in [6.07, 6.45) is 0.